The molecule has 0 aliphatic carbocycles. The van der Waals surface area contributed by atoms with E-state index < -0.39 is 17.3 Å². The molecular formula is C20H31N3O4. The predicted octanol–water partition coefficient (Wildman–Crippen LogP) is 4.89. The Hall–Kier alpha value is -2.31. The molecule has 0 unspecified atom stereocenters. The second kappa shape index (κ2) is 8.15. The summed E-state index contributed by atoms with van der Waals surface area (Å²) in [6.07, 6.45) is 3.71. The predicted molar refractivity (Wildman–Crippen MR) is 104 cm³/mol. The molecule has 1 aromatic rings. The van der Waals surface area contributed by atoms with Crippen LogP contribution in [0.15, 0.2) is 18.3 Å². The maximum atomic E-state index is 12.6. The van der Waals surface area contributed by atoms with E-state index in [1.165, 1.54) is 0 Å². The van der Waals surface area contributed by atoms with Crippen molar-refractivity contribution in [1.82, 2.24) is 9.88 Å². The van der Waals surface area contributed by atoms with Crippen LogP contribution in [0, 0.1) is 0 Å². The number of hydrogen-bond acceptors (Lipinski definition) is 5. The second-order valence-corrected chi connectivity index (χ2v) is 8.79. The van der Waals surface area contributed by atoms with E-state index in [-0.39, 0.29) is 12.1 Å². The quantitative estimate of drug-likeness (QED) is 0.793. The van der Waals surface area contributed by atoms with Crippen molar-refractivity contribution in [2.24, 2.45) is 0 Å². The molecule has 0 aromatic carbocycles. The Morgan fingerprint density at radius 1 is 1.07 bits per heavy atom. The van der Waals surface area contributed by atoms with Crippen LogP contribution in [0.25, 0.3) is 0 Å². The lowest BCUT2D eigenvalue weighted by atomic mass is 9.97. The van der Waals surface area contributed by atoms with Gasteiger partial charge in [0.1, 0.15) is 17.0 Å². The van der Waals surface area contributed by atoms with E-state index in [2.05, 4.69) is 10.3 Å². The summed E-state index contributed by atoms with van der Waals surface area (Å²) < 4.78 is 10.8. The Morgan fingerprint density at radius 3 is 2.30 bits per heavy atom. The molecule has 2 rings (SSSR count). The third kappa shape index (κ3) is 6.73. The summed E-state index contributed by atoms with van der Waals surface area (Å²) >= 11 is 0. The summed E-state index contributed by atoms with van der Waals surface area (Å²) in [5.74, 6) is 0.410. The Bertz CT molecular complexity index is 659. The first kappa shape index (κ1) is 21.0. The van der Waals surface area contributed by atoms with E-state index in [1.807, 2.05) is 26.8 Å². The number of amides is 2. The number of nitrogens with zero attached hydrogens (tertiary/aromatic N) is 2. The molecule has 1 fully saturated rings. The highest BCUT2D eigenvalue weighted by atomic mass is 16.6. The van der Waals surface area contributed by atoms with Gasteiger partial charge in [-0.1, -0.05) is 6.07 Å². The number of hydrogen-bond donors (Lipinski definition) is 1. The largest absolute Gasteiger partial charge is 0.444 e. The van der Waals surface area contributed by atoms with Gasteiger partial charge in [0.25, 0.3) is 0 Å². The van der Waals surface area contributed by atoms with E-state index in [9.17, 15) is 9.59 Å². The van der Waals surface area contributed by atoms with Crippen molar-refractivity contribution in [3.05, 3.63) is 23.9 Å². The first-order valence-corrected chi connectivity index (χ1v) is 9.40. The minimum Gasteiger partial charge on any atom is -0.444 e. The summed E-state index contributed by atoms with van der Waals surface area (Å²) in [7, 11) is 0. The average molecular weight is 377 g/mol. The Balaban J connectivity index is 2.07. The maximum absolute atomic E-state index is 12.6. The standard InChI is InChI=1S/C20H31N3O4/c1-19(2,3)26-17(24)22-16-11-10-14(13-21-16)15-9-7-8-12-23(15)18(25)27-20(4,5)6/h10-11,13,15H,7-9,12H2,1-6H3,(H,21,22,24)/t15-/m0/s1. The molecular weight excluding hydrogens is 346 g/mol. The van der Waals surface area contributed by atoms with Crippen LogP contribution in [-0.4, -0.2) is 39.8 Å². The molecule has 1 saturated heterocycles. The number of likely N-dealkylation sites (tertiary alicyclic amines) is 1. The number of rotatable bonds is 2. The molecule has 0 radical (unpaired) electrons. The van der Waals surface area contributed by atoms with Crippen molar-refractivity contribution < 1.29 is 19.1 Å². The molecule has 2 heterocycles. The van der Waals surface area contributed by atoms with Gasteiger partial charge in [0.2, 0.25) is 0 Å². The van der Waals surface area contributed by atoms with Crippen molar-refractivity contribution in [2.45, 2.75) is 78.0 Å². The summed E-state index contributed by atoms with van der Waals surface area (Å²) in [4.78, 5) is 30.5. The zero-order valence-corrected chi connectivity index (χ0v) is 17.2. The molecule has 1 N–H and O–H groups in total. The third-order valence-electron chi connectivity index (χ3n) is 3.93. The van der Waals surface area contributed by atoms with Crippen molar-refractivity contribution in [1.29, 1.82) is 0 Å². The zero-order chi connectivity index (χ0) is 20.2. The van der Waals surface area contributed by atoms with Gasteiger partial charge in [-0.25, -0.2) is 14.6 Å². The number of aromatic nitrogens is 1. The highest BCUT2D eigenvalue weighted by Gasteiger charge is 2.31. The smallest absolute Gasteiger partial charge is 0.413 e. The average Bonchev–Trinajstić information content (AvgIpc) is 2.52. The van der Waals surface area contributed by atoms with E-state index >= 15 is 0 Å². The Morgan fingerprint density at radius 2 is 1.74 bits per heavy atom. The molecule has 150 valence electrons. The van der Waals surface area contributed by atoms with Crippen LogP contribution in [0.5, 0.6) is 0 Å². The van der Waals surface area contributed by atoms with Crippen molar-refractivity contribution in [2.75, 3.05) is 11.9 Å². The molecule has 1 atom stereocenters. The highest BCUT2D eigenvalue weighted by molar-refractivity contribution is 5.83. The third-order valence-corrected chi connectivity index (χ3v) is 3.93. The fraction of sp³-hybridized carbons (Fsp3) is 0.650. The van der Waals surface area contributed by atoms with Crippen LogP contribution in [0.2, 0.25) is 0 Å². The van der Waals surface area contributed by atoms with Crippen molar-refractivity contribution in [3.63, 3.8) is 0 Å². The second-order valence-electron chi connectivity index (χ2n) is 8.79. The lowest BCUT2D eigenvalue weighted by Crippen LogP contribution is -2.41. The topological polar surface area (TPSA) is 80.8 Å². The molecule has 2 amide bonds. The van der Waals surface area contributed by atoms with Gasteiger partial charge in [0.15, 0.2) is 0 Å². The van der Waals surface area contributed by atoms with Crippen molar-refractivity contribution >= 4 is 18.0 Å². The van der Waals surface area contributed by atoms with E-state index in [4.69, 9.17) is 9.47 Å². The van der Waals surface area contributed by atoms with Gasteiger partial charge in [0, 0.05) is 12.7 Å². The normalized spacial score (nSPS) is 18.0. The van der Waals surface area contributed by atoms with Gasteiger partial charge in [-0.2, -0.15) is 0 Å². The maximum Gasteiger partial charge on any atom is 0.413 e. The monoisotopic (exact) mass is 377 g/mol. The Kier molecular flexibility index (Phi) is 6.34. The minimum atomic E-state index is -0.569. The minimum absolute atomic E-state index is 0.0725. The zero-order valence-electron chi connectivity index (χ0n) is 17.2. The number of carbonyl (C=O) groups excluding carboxylic acids is 2. The van der Waals surface area contributed by atoms with Gasteiger partial charge in [-0.15, -0.1) is 0 Å². The molecule has 7 nitrogen and oxygen atoms in total. The van der Waals surface area contributed by atoms with Crippen LogP contribution >= 0.6 is 0 Å². The SMILES string of the molecule is CC(C)(C)OC(=O)Nc1ccc([C@@H]2CCCCN2C(=O)OC(C)(C)C)cn1. The Labute approximate surface area is 161 Å². The molecule has 0 spiro atoms. The van der Waals surface area contributed by atoms with E-state index in [0.717, 1.165) is 24.8 Å². The van der Waals surface area contributed by atoms with Gasteiger partial charge in [-0.3, -0.25) is 5.32 Å². The highest BCUT2D eigenvalue weighted by Crippen LogP contribution is 2.32. The number of ether oxygens (including phenoxy) is 2. The molecule has 0 bridgehead atoms. The van der Waals surface area contributed by atoms with Crippen molar-refractivity contribution in [3.8, 4) is 0 Å². The number of nitrogens with one attached hydrogen (secondary N) is 1. The first-order chi connectivity index (χ1) is 12.4. The summed E-state index contributed by atoms with van der Waals surface area (Å²) in [5, 5.41) is 2.62. The van der Waals surface area contributed by atoms with Gasteiger partial charge in [0.05, 0.1) is 6.04 Å². The molecule has 1 aliphatic rings. The molecule has 7 heteroatoms. The fourth-order valence-corrected chi connectivity index (χ4v) is 2.90. The van der Waals surface area contributed by atoms with Gasteiger partial charge in [-0.05, 0) is 72.4 Å². The summed E-state index contributed by atoms with van der Waals surface area (Å²) in [6, 6.07) is 3.53. The van der Waals surface area contributed by atoms with Crippen LogP contribution in [-0.2, 0) is 9.47 Å². The molecule has 1 aromatic heterocycles. The fourth-order valence-electron chi connectivity index (χ4n) is 2.90. The first-order valence-electron chi connectivity index (χ1n) is 9.40. The van der Waals surface area contributed by atoms with E-state index in [0.29, 0.717) is 12.4 Å². The van der Waals surface area contributed by atoms with Crippen LogP contribution in [0.4, 0.5) is 15.4 Å². The van der Waals surface area contributed by atoms with Crippen LogP contribution in [0.1, 0.15) is 72.4 Å². The molecule has 1 aliphatic heterocycles. The van der Waals surface area contributed by atoms with Crippen LogP contribution in [0.3, 0.4) is 0 Å². The summed E-state index contributed by atoms with van der Waals surface area (Å²) in [6.45, 7) is 11.7. The van der Waals surface area contributed by atoms with Crippen LogP contribution < -0.4 is 5.32 Å². The molecule has 0 saturated carbocycles. The lowest BCUT2D eigenvalue weighted by molar-refractivity contribution is 0.00947. The molecule has 27 heavy (non-hydrogen) atoms. The summed E-state index contributed by atoms with van der Waals surface area (Å²) in [5.41, 5.74) is -0.172. The lowest BCUT2D eigenvalue weighted by Gasteiger charge is -2.36. The number of pyridine rings is 1. The number of anilines is 1. The number of carbonyl (C=O) groups is 2. The van der Waals surface area contributed by atoms with Gasteiger partial charge < -0.3 is 14.4 Å². The number of piperidine rings is 1. The van der Waals surface area contributed by atoms with E-state index in [1.54, 1.807) is 37.9 Å². The van der Waals surface area contributed by atoms with Gasteiger partial charge >= 0.3 is 12.2 Å².